The molecule has 6 nitrogen and oxygen atoms in total. The van der Waals surface area contributed by atoms with Gasteiger partial charge in [-0.2, -0.15) is 5.10 Å². The molecule has 0 bridgehead atoms. The molecule has 34 heavy (non-hydrogen) atoms. The van der Waals surface area contributed by atoms with Crippen molar-refractivity contribution < 1.29 is 9.13 Å². The monoisotopic (exact) mass is 459 g/mol. The molecule has 1 fully saturated rings. The molecule has 0 radical (unpaired) electrons. The van der Waals surface area contributed by atoms with Crippen molar-refractivity contribution in [1.29, 1.82) is 0 Å². The van der Waals surface area contributed by atoms with Crippen molar-refractivity contribution in [2.75, 3.05) is 25.1 Å². The normalized spacial score (nSPS) is 16.4. The van der Waals surface area contributed by atoms with Crippen LogP contribution in [0.4, 0.5) is 10.2 Å². The van der Waals surface area contributed by atoms with Gasteiger partial charge in [0.25, 0.3) is 0 Å². The lowest BCUT2D eigenvalue weighted by atomic mass is 9.98. The van der Waals surface area contributed by atoms with Crippen molar-refractivity contribution in [1.82, 2.24) is 20.2 Å². The van der Waals surface area contributed by atoms with Crippen LogP contribution in [0.25, 0.3) is 33.4 Å². The molecule has 0 spiro atoms. The van der Waals surface area contributed by atoms with Gasteiger partial charge in [0.15, 0.2) is 0 Å². The summed E-state index contributed by atoms with van der Waals surface area (Å²) < 4.78 is 20.6. The first-order chi connectivity index (χ1) is 16.6. The summed E-state index contributed by atoms with van der Waals surface area (Å²) in [6.07, 6.45) is 7.85. The van der Waals surface area contributed by atoms with Crippen molar-refractivity contribution >= 4 is 16.7 Å². The van der Waals surface area contributed by atoms with Gasteiger partial charge in [0, 0.05) is 42.9 Å². The van der Waals surface area contributed by atoms with Gasteiger partial charge in [-0.05, 0) is 61.6 Å². The van der Waals surface area contributed by atoms with Gasteiger partial charge in [0.05, 0.1) is 23.5 Å². The molecule has 1 aliphatic heterocycles. The lowest BCUT2D eigenvalue weighted by Crippen LogP contribution is -2.39. The summed E-state index contributed by atoms with van der Waals surface area (Å²) in [5.74, 6) is 0.708. The van der Waals surface area contributed by atoms with Crippen molar-refractivity contribution in [3.8, 4) is 22.5 Å². The number of ether oxygens (including phenoxy) is 1. The minimum atomic E-state index is -0.234. The average molecular weight is 460 g/mol. The second-order valence-corrected chi connectivity index (χ2v) is 9.06. The SMILES string of the molecule is CCCc1cc(C)c(-c2cc3c(-c4ccc(N5CCCC(OC)C5)nc4)n[nH]c3cn2)c(F)c1. The highest BCUT2D eigenvalue weighted by Gasteiger charge is 2.21. The number of nitrogens with zero attached hydrogens (tertiary/aromatic N) is 4. The van der Waals surface area contributed by atoms with E-state index in [1.807, 2.05) is 31.3 Å². The van der Waals surface area contributed by atoms with Crippen LogP contribution < -0.4 is 4.90 Å². The Morgan fingerprint density at radius 1 is 1.18 bits per heavy atom. The third-order valence-corrected chi connectivity index (χ3v) is 6.65. The third kappa shape index (κ3) is 4.28. The van der Waals surface area contributed by atoms with Crippen LogP contribution in [-0.4, -0.2) is 46.5 Å². The Morgan fingerprint density at radius 3 is 2.79 bits per heavy atom. The Balaban J connectivity index is 1.47. The molecule has 1 aromatic carbocycles. The highest BCUT2D eigenvalue weighted by Crippen LogP contribution is 2.32. The van der Waals surface area contributed by atoms with Crippen LogP contribution in [0.5, 0.6) is 0 Å². The zero-order chi connectivity index (χ0) is 23.7. The molecule has 1 saturated heterocycles. The van der Waals surface area contributed by atoms with E-state index in [0.717, 1.165) is 77.9 Å². The molecule has 4 heterocycles. The second kappa shape index (κ2) is 9.50. The van der Waals surface area contributed by atoms with Crippen LogP contribution in [0.3, 0.4) is 0 Å². The number of benzene rings is 1. The second-order valence-electron chi connectivity index (χ2n) is 9.06. The largest absolute Gasteiger partial charge is 0.380 e. The zero-order valence-corrected chi connectivity index (χ0v) is 19.9. The van der Waals surface area contributed by atoms with Gasteiger partial charge >= 0.3 is 0 Å². The van der Waals surface area contributed by atoms with Crippen LogP contribution in [-0.2, 0) is 11.2 Å². The molecule has 1 atom stereocenters. The van der Waals surface area contributed by atoms with Crippen molar-refractivity contribution in [3.63, 3.8) is 0 Å². The number of hydrogen-bond acceptors (Lipinski definition) is 5. The molecule has 5 rings (SSSR count). The van der Waals surface area contributed by atoms with Crippen LogP contribution in [0.2, 0.25) is 0 Å². The van der Waals surface area contributed by atoms with Gasteiger partial charge in [-0.25, -0.2) is 9.37 Å². The summed E-state index contributed by atoms with van der Waals surface area (Å²) in [7, 11) is 1.77. The van der Waals surface area contributed by atoms with Gasteiger partial charge in [0.1, 0.15) is 17.3 Å². The fraction of sp³-hybridized carbons (Fsp3) is 0.370. The third-order valence-electron chi connectivity index (χ3n) is 6.65. The molecule has 0 aliphatic carbocycles. The van der Waals surface area contributed by atoms with Gasteiger partial charge in [-0.15, -0.1) is 0 Å². The molecule has 176 valence electrons. The van der Waals surface area contributed by atoms with Gasteiger partial charge in [0.2, 0.25) is 0 Å². The maximum Gasteiger partial charge on any atom is 0.133 e. The number of H-pyrrole nitrogens is 1. The number of halogens is 1. The van der Waals surface area contributed by atoms with Crippen LogP contribution >= 0.6 is 0 Å². The first-order valence-corrected chi connectivity index (χ1v) is 11.9. The number of piperidine rings is 1. The summed E-state index contributed by atoms with van der Waals surface area (Å²) >= 11 is 0. The Morgan fingerprint density at radius 2 is 2.06 bits per heavy atom. The minimum absolute atomic E-state index is 0.234. The van der Waals surface area contributed by atoms with E-state index in [1.54, 1.807) is 19.4 Å². The maximum atomic E-state index is 15.1. The first kappa shape index (κ1) is 22.5. The van der Waals surface area contributed by atoms with Crippen LogP contribution in [0, 0.1) is 12.7 Å². The predicted molar refractivity (Wildman–Crippen MR) is 133 cm³/mol. The van der Waals surface area contributed by atoms with Crippen LogP contribution in [0.15, 0.2) is 42.7 Å². The van der Waals surface area contributed by atoms with Crippen molar-refractivity contribution in [3.05, 3.63) is 59.7 Å². The smallest absolute Gasteiger partial charge is 0.133 e. The Hall–Kier alpha value is -3.32. The highest BCUT2D eigenvalue weighted by atomic mass is 19.1. The Labute approximate surface area is 199 Å². The Kier molecular flexibility index (Phi) is 6.28. The summed E-state index contributed by atoms with van der Waals surface area (Å²) in [6, 6.07) is 9.68. The lowest BCUT2D eigenvalue weighted by molar-refractivity contribution is 0.0891. The maximum absolute atomic E-state index is 15.1. The van der Waals surface area contributed by atoms with E-state index in [0.29, 0.717) is 11.3 Å². The molecule has 1 unspecified atom stereocenters. The van der Waals surface area contributed by atoms with Gasteiger partial charge in [-0.3, -0.25) is 10.1 Å². The molecule has 0 amide bonds. The summed E-state index contributed by atoms with van der Waals surface area (Å²) in [6.45, 7) is 5.87. The fourth-order valence-corrected chi connectivity index (χ4v) is 4.90. The van der Waals surface area contributed by atoms with Crippen LogP contribution in [0.1, 0.15) is 37.3 Å². The number of methoxy groups -OCH3 is 1. The molecule has 3 aromatic heterocycles. The highest BCUT2D eigenvalue weighted by molar-refractivity contribution is 5.94. The van der Waals surface area contributed by atoms with E-state index in [2.05, 4.69) is 33.1 Å². The Bertz CT molecular complexity index is 1280. The number of aryl methyl sites for hydroxylation is 2. The molecule has 1 N–H and O–H groups in total. The quantitative estimate of drug-likeness (QED) is 0.400. The number of aromatic nitrogens is 4. The molecule has 7 heteroatoms. The number of fused-ring (bicyclic) bond motifs is 1. The molecule has 0 saturated carbocycles. The van der Waals surface area contributed by atoms with Crippen molar-refractivity contribution in [2.24, 2.45) is 0 Å². The average Bonchev–Trinajstić information content (AvgIpc) is 3.27. The zero-order valence-electron chi connectivity index (χ0n) is 19.9. The number of anilines is 1. The summed E-state index contributed by atoms with van der Waals surface area (Å²) in [5.41, 5.74) is 5.55. The number of aromatic amines is 1. The first-order valence-electron chi connectivity index (χ1n) is 11.9. The number of pyridine rings is 2. The van der Waals surface area contributed by atoms with E-state index in [1.165, 1.54) is 0 Å². The summed E-state index contributed by atoms with van der Waals surface area (Å²) in [5, 5.41) is 8.47. The van der Waals surface area contributed by atoms with E-state index in [4.69, 9.17) is 9.72 Å². The number of rotatable bonds is 6. The van der Waals surface area contributed by atoms with E-state index in [-0.39, 0.29) is 11.9 Å². The molecule has 4 aromatic rings. The van der Waals surface area contributed by atoms with Gasteiger partial charge in [-0.1, -0.05) is 19.4 Å². The number of nitrogens with one attached hydrogen (secondary N) is 1. The summed E-state index contributed by atoms with van der Waals surface area (Å²) in [4.78, 5) is 11.5. The number of hydrogen-bond donors (Lipinski definition) is 1. The van der Waals surface area contributed by atoms with E-state index < -0.39 is 0 Å². The predicted octanol–water partition coefficient (Wildman–Crippen LogP) is 5.70. The van der Waals surface area contributed by atoms with E-state index in [9.17, 15) is 0 Å². The fourth-order valence-electron chi connectivity index (χ4n) is 4.90. The standard InChI is InChI=1S/C27H30FN5O/c1-4-6-18-11-17(2)26(22(28)12-18)23-13-21-24(15-29-23)31-32-27(21)19-8-9-25(30-14-19)33-10-5-7-20(16-33)34-3/h8-9,11-15,20H,4-7,10,16H2,1-3H3,(H,31,32). The minimum Gasteiger partial charge on any atom is -0.380 e. The van der Waals surface area contributed by atoms with E-state index >= 15 is 4.39 Å². The molecule has 1 aliphatic rings. The molecular weight excluding hydrogens is 429 g/mol. The van der Waals surface area contributed by atoms with Gasteiger partial charge < -0.3 is 9.64 Å². The topological polar surface area (TPSA) is 66.9 Å². The van der Waals surface area contributed by atoms with Crippen molar-refractivity contribution in [2.45, 2.75) is 45.6 Å². The lowest BCUT2D eigenvalue weighted by Gasteiger charge is -2.32. The molecular formula is C27H30FN5O.